The molecule has 0 fully saturated rings. The zero-order valence-electron chi connectivity index (χ0n) is 14.7. The van der Waals surface area contributed by atoms with Gasteiger partial charge in [-0.1, -0.05) is 0 Å². The maximum Gasteiger partial charge on any atom is 0.272 e. The molecule has 0 saturated carbocycles. The Labute approximate surface area is 163 Å². The first-order valence-electron chi connectivity index (χ1n) is 8.26. The first-order valence-corrected chi connectivity index (χ1v) is 9.08. The zero-order chi connectivity index (χ0) is 19.5. The molecule has 0 unspecified atom stereocenters. The Morgan fingerprint density at radius 1 is 1.25 bits per heavy atom. The molecule has 0 aliphatic rings. The number of nitro benzene ring substituents is 1. The van der Waals surface area contributed by atoms with Crippen LogP contribution in [-0.4, -0.2) is 29.7 Å². The van der Waals surface area contributed by atoms with Crippen LogP contribution in [0.2, 0.25) is 0 Å². The van der Waals surface area contributed by atoms with Crippen molar-refractivity contribution in [3.8, 4) is 11.5 Å². The van der Waals surface area contributed by atoms with Gasteiger partial charge in [0.2, 0.25) is 0 Å². The van der Waals surface area contributed by atoms with E-state index in [-0.39, 0.29) is 5.69 Å². The maximum absolute atomic E-state index is 11.0. The molecular formula is C18H14N6O3S. The van der Waals surface area contributed by atoms with E-state index in [4.69, 9.17) is 4.42 Å². The van der Waals surface area contributed by atoms with Crippen molar-refractivity contribution in [2.75, 3.05) is 0 Å². The first-order chi connectivity index (χ1) is 13.6. The van der Waals surface area contributed by atoms with Crippen molar-refractivity contribution in [1.82, 2.24) is 24.7 Å². The highest BCUT2D eigenvalue weighted by atomic mass is 32.2. The summed E-state index contributed by atoms with van der Waals surface area (Å²) in [5, 5.41) is 20.2. The lowest BCUT2D eigenvalue weighted by Crippen LogP contribution is -2.04. The van der Waals surface area contributed by atoms with Gasteiger partial charge in [-0.2, -0.15) is 0 Å². The Hall–Kier alpha value is -3.53. The van der Waals surface area contributed by atoms with Gasteiger partial charge >= 0.3 is 0 Å². The number of hydrogen-bond donors (Lipinski definition) is 0. The zero-order valence-corrected chi connectivity index (χ0v) is 15.5. The van der Waals surface area contributed by atoms with Crippen LogP contribution in [-0.2, 0) is 6.54 Å². The van der Waals surface area contributed by atoms with Gasteiger partial charge in [-0.25, -0.2) is 4.98 Å². The Morgan fingerprint density at radius 3 is 2.82 bits per heavy atom. The number of nitro groups is 1. The number of rotatable bonds is 6. The van der Waals surface area contributed by atoms with Crippen molar-refractivity contribution < 1.29 is 9.34 Å². The lowest BCUT2D eigenvalue weighted by Gasteiger charge is -2.08. The van der Waals surface area contributed by atoms with Gasteiger partial charge in [-0.3, -0.25) is 19.7 Å². The molecule has 1 aromatic carbocycles. The molecule has 4 rings (SSSR count). The number of hydrogen-bond acceptors (Lipinski definition) is 8. The predicted octanol–water partition coefficient (Wildman–Crippen LogP) is 3.74. The summed E-state index contributed by atoms with van der Waals surface area (Å²) in [6.07, 6.45) is 6.40. The largest absolute Gasteiger partial charge is 0.467 e. The monoisotopic (exact) mass is 394 g/mol. The van der Waals surface area contributed by atoms with E-state index >= 15 is 0 Å². The fourth-order valence-corrected chi connectivity index (χ4v) is 3.60. The third-order valence-corrected chi connectivity index (χ3v) is 4.95. The van der Waals surface area contributed by atoms with Gasteiger partial charge in [0.15, 0.2) is 11.0 Å². The first kappa shape index (κ1) is 17.9. The summed E-state index contributed by atoms with van der Waals surface area (Å²) < 4.78 is 7.35. The summed E-state index contributed by atoms with van der Waals surface area (Å²) in [6.45, 7) is 2.13. The average molecular weight is 394 g/mol. The molecule has 4 aromatic rings. The Morgan fingerprint density at radius 2 is 2.14 bits per heavy atom. The molecule has 3 heterocycles. The Kier molecular flexibility index (Phi) is 4.85. The summed E-state index contributed by atoms with van der Waals surface area (Å²) in [5.41, 5.74) is 1.26. The van der Waals surface area contributed by atoms with Gasteiger partial charge in [0, 0.05) is 28.9 Å². The van der Waals surface area contributed by atoms with E-state index in [2.05, 4.69) is 20.2 Å². The van der Waals surface area contributed by atoms with Crippen LogP contribution in [0.3, 0.4) is 0 Å². The minimum Gasteiger partial charge on any atom is -0.467 e. The molecule has 10 heteroatoms. The highest BCUT2D eigenvalue weighted by molar-refractivity contribution is 7.99. The number of benzene rings is 1. The quantitative estimate of drug-likeness (QED) is 0.359. The second kappa shape index (κ2) is 7.61. The van der Waals surface area contributed by atoms with E-state index in [0.717, 1.165) is 10.7 Å². The second-order valence-corrected chi connectivity index (χ2v) is 6.91. The molecule has 0 radical (unpaired) electrons. The molecule has 0 N–H and O–H groups in total. The lowest BCUT2D eigenvalue weighted by molar-refractivity contribution is -0.385. The van der Waals surface area contributed by atoms with Gasteiger partial charge in [-0.15, -0.1) is 10.2 Å². The minimum absolute atomic E-state index is 0.0849. The van der Waals surface area contributed by atoms with Crippen LogP contribution in [0.25, 0.3) is 11.5 Å². The molecule has 3 aromatic heterocycles. The van der Waals surface area contributed by atoms with Crippen molar-refractivity contribution >= 4 is 17.4 Å². The van der Waals surface area contributed by atoms with Crippen LogP contribution < -0.4 is 0 Å². The van der Waals surface area contributed by atoms with Crippen molar-refractivity contribution in [1.29, 1.82) is 0 Å². The third-order valence-electron chi connectivity index (χ3n) is 3.98. The van der Waals surface area contributed by atoms with Crippen molar-refractivity contribution in [3.63, 3.8) is 0 Å². The molecule has 0 saturated heterocycles. The van der Waals surface area contributed by atoms with Gasteiger partial charge < -0.3 is 4.42 Å². The van der Waals surface area contributed by atoms with Gasteiger partial charge in [0.05, 0.1) is 23.9 Å². The van der Waals surface area contributed by atoms with Gasteiger partial charge in [-0.05, 0) is 43.0 Å². The normalized spacial score (nSPS) is 10.9. The molecule has 0 amide bonds. The van der Waals surface area contributed by atoms with Crippen LogP contribution in [0, 0.1) is 17.0 Å². The van der Waals surface area contributed by atoms with Crippen molar-refractivity contribution in [2.45, 2.75) is 23.5 Å². The van der Waals surface area contributed by atoms with E-state index < -0.39 is 4.92 Å². The van der Waals surface area contributed by atoms with E-state index in [1.807, 2.05) is 16.7 Å². The third kappa shape index (κ3) is 3.62. The van der Waals surface area contributed by atoms with Gasteiger partial charge in [0.25, 0.3) is 5.69 Å². The van der Waals surface area contributed by atoms with Crippen molar-refractivity contribution in [2.24, 2.45) is 0 Å². The minimum atomic E-state index is -0.393. The topological polar surface area (TPSA) is 113 Å². The second-order valence-electron chi connectivity index (χ2n) is 5.87. The van der Waals surface area contributed by atoms with E-state index in [1.54, 1.807) is 43.9 Å². The molecule has 0 aliphatic carbocycles. The smallest absolute Gasteiger partial charge is 0.272 e. The van der Waals surface area contributed by atoms with Crippen LogP contribution in [0.4, 0.5) is 5.69 Å². The fraction of sp³-hybridized carbons (Fsp3) is 0.111. The highest BCUT2D eigenvalue weighted by Gasteiger charge is 2.18. The van der Waals surface area contributed by atoms with Crippen molar-refractivity contribution in [3.05, 3.63) is 76.6 Å². The SMILES string of the molecule is Cc1cc(Sc2nnc(-c3cnccn3)n2Cc2ccco2)ccc1[N+](=O)[O-]. The van der Waals surface area contributed by atoms with E-state index in [1.165, 1.54) is 17.8 Å². The predicted molar refractivity (Wildman–Crippen MR) is 101 cm³/mol. The summed E-state index contributed by atoms with van der Waals surface area (Å²) >= 11 is 1.36. The van der Waals surface area contributed by atoms with E-state index in [0.29, 0.717) is 28.8 Å². The molecule has 140 valence electrons. The lowest BCUT2D eigenvalue weighted by atomic mass is 10.2. The van der Waals surface area contributed by atoms with E-state index in [9.17, 15) is 10.1 Å². The Bertz CT molecular complexity index is 1110. The summed E-state index contributed by atoms with van der Waals surface area (Å²) in [4.78, 5) is 19.9. The van der Waals surface area contributed by atoms with Crippen LogP contribution in [0.5, 0.6) is 0 Å². The van der Waals surface area contributed by atoms with Crippen LogP contribution in [0.15, 0.2) is 69.7 Å². The molecule has 0 spiro atoms. The number of aromatic nitrogens is 5. The highest BCUT2D eigenvalue weighted by Crippen LogP contribution is 2.32. The molecular weight excluding hydrogens is 380 g/mol. The fourth-order valence-electron chi connectivity index (χ4n) is 2.67. The van der Waals surface area contributed by atoms with Crippen LogP contribution in [0.1, 0.15) is 11.3 Å². The standard InChI is InChI=1S/C18H14N6O3S/c1-12-9-14(4-5-16(12)24(25)26)28-18-22-21-17(15-10-19-6-7-20-15)23(18)11-13-3-2-8-27-13/h2-10H,11H2,1H3. The number of aryl methyl sites for hydroxylation is 1. The molecule has 28 heavy (non-hydrogen) atoms. The molecule has 9 nitrogen and oxygen atoms in total. The summed E-state index contributed by atoms with van der Waals surface area (Å²) in [7, 11) is 0. The van der Waals surface area contributed by atoms with Crippen LogP contribution >= 0.6 is 11.8 Å². The molecule has 0 atom stereocenters. The number of nitrogens with zero attached hydrogens (tertiary/aromatic N) is 6. The molecule has 0 aliphatic heterocycles. The van der Waals surface area contributed by atoms with Gasteiger partial charge in [0.1, 0.15) is 11.5 Å². The summed E-state index contributed by atoms with van der Waals surface area (Å²) in [5.74, 6) is 1.30. The maximum atomic E-state index is 11.0. The number of furan rings is 1. The Balaban J connectivity index is 1.71. The average Bonchev–Trinajstić information content (AvgIpc) is 3.33. The molecule has 0 bridgehead atoms. The summed E-state index contributed by atoms with van der Waals surface area (Å²) in [6, 6.07) is 8.63.